The molecule has 1 fully saturated rings. The van der Waals surface area contributed by atoms with Crippen molar-refractivity contribution in [1.29, 1.82) is 0 Å². The first-order valence-corrected chi connectivity index (χ1v) is 9.07. The van der Waals surface area contributed by atoms with E-state index in [0.717, 1.165) is 37.3 Å². The Balaban J connectivity index is 1.36. The molecule has 1 aromatic carbocycles. The van der Waals surface area contributed by atoms with Crippen molar-refractivity contribution in [2.24, 2.45) is 0 Å². The number of amides is 1. The lowest BCUT2D eigenvalue weighted by Gasteiger charge is -2.37. The minimum Gasteiger partial charge on any atom is -0.387 e. The quantitative estimate of drug-likeness (QED) is 0.903. The van der Waals surface area contributed by atoms with Crippen LogP contribution >= 0.6 is 0 Å². The summed E-state index contributed by atoms with van der Waals surface area (Å²) in [7, 11) is 1.74. The van der Waals surface area contributed by atoms with E-state index in [2.05, 4.69) is 39.0 Å². The zero-order valence-electron chi connectivity index (χ0n) is 15.0. The number of nitrogens with zero attached hydrogens (tertiary/aromatic N) is 4. The molecule has 1 aromatic heterocycles. The van der Waals surface area contributed by atoms with Gasteiger partial charge in [0.15, 0.2) is 0 Å². The highest BCUT2D eigenvalue weighted by atomic mass is 16.3. The lowest BCUT2D eigenvalue weighted by Crippen LogP contribution is -2.47. The molecule has 0 radical (unpaired) electrons. The molecule has 0 saturated carbocycles. The van der Waals surface area contributed by atoms with Crippen LogP contribution in [0.3, 0.4) is 0 Å². The number of hydrogen-bond donors (Lipinski definition) is 1. The summed E-state index contributed by atoms with van der Waals surface area (Å²) in [6, 6.07) is 12.4. The minimum absolute atomic E-state index is 0.0520. The topological polar surface area (TPSA) is 59.9 Å². The number of hydrogen-bond acceptors (Lipinski definition) is 5. The molecule has 0 bridgehead atoms. The summed E-state index contributed by atoms with van der Waals surface area (Å²) < 4.78 is 0. The average molecular weight is 352 g/mol. The van der Waals surface area contributed by atoms with Gasteiger partial charge in [-0.25, -0.2) is 4.98 Å². The van der Waals surface area contributed by atoms with Gasteiger partial charge in [0, 0.05) is 62.8 Å². The van der Waals surface area contributed by atoms with Crippen LogP contribution in [0.15, 0.2) is 42.6 Å². The van der Waals surface area contributed by atoms with Crippen molar-refractivity contribution in [3.8, 4) is 0 Å². The zero-order chi connectivity index (χ0) is 18.1. The van der Waals surface area contributed by atoms with Crippen molar-refractivity contribution in [2.45, 2.75) is 12.5 Å². The minimum atomic E-state index is -0.586. The van der Waals surface area contributed by atoms with Crippen LogP contribution in [0.25, 0.3) is 0 Å². The van der Waals surface area contributed by atoms with Crippen LogP contribution < -0.4 is 9.80 Å². The van der Waals surface area contributed by atoms with Crippen LogP contribution in [-0.4, -0.2) is 60.7 Å². The number of piperazine rings is 1. The molecule has 1 amide bonds. The number of aromatic nitrogens is 1. The Kier molecular flexibility index (Phi) is 4.61. The largest absolute Gasteiger partial charge is 0.387 e. The number of fused-ring (bicyclic) bond motifs is 1. The Morgan fingerprint density at radius 2 is 1.88 bits per heavy atom. The molecule has 1 N–H and O–H groups in total. The summed E-state index contributed by atoms with van der Waals surface area (Å²) in [6.07, 6.45) is 1.48. The molecule has 6 nitrogen and oxygen atoms in total. The second-order valence-corrected chi connectivity index (χ2v) is 7.02. The number of β-amino-alcohol motifs (C(OH)–C–C–N with tert-alkyl or cyclic N) is 1. The molecule has 3 heterocycles. The summed E-state index contributed by atoms with van der Waals surface area (Å²) >= 11 is 0. The predicted molar refractivity (Wildman–Crippen MR) is 101 cm³/mol. The summed E-state index contributed by atoms with van der Waals surface area (Å²) in [6.45, 7) is 4.35. The molecule has 4 rings (SSSR count). The highest BCUT2D eigenvalue weighted by Gasteiger charge is 2.27. The summed E-state index contributed by atoms with van der Waals surface area (Å²) in [4.78, 5) is 22.4. The lowest BCUT2D eigenvalue weighted by molar-refractivity contribution is -0.117. The van der Waals surface area contributed by atoms with Gasteiger partial charge in [0.25, 0.3) is 0 Å². The van der Waals surface area contributed by atoms with Crippen molar-refractivity contribution in [1.82, 2.24) is 9.88 Å². The highest BCUT2D eigenvalue weighted by molar-refractivity contribution is 5.99. The molecule has 2 aliphatic heterocycles. The predicted octanol–water partition coefficient (Wildman–Crippen LogP) is 1.46. The van der Waals surface area contributed by atoms with E-state index >= 15 is 0 Å². The third-order valence-electron chi connectivity index (χ3n) is 5.31. The van der Waals surface area contributed by atoms with Crippen LogP contribution in [0.2, 0.25) is 0 Å². The Morgan fingerprint density at radius 3 is 2.62 bits per heavy atom. The monoisotopic (exact) mass is 352 g/mol. The molecule has 1 unspecified atom stereocenters. The number of carbonyl (C=O) groups is 1. The number of aliphatic hydroxyl groups excluding tert-OH is 1. The summed E-state index contributed by atoms with van der Waals surface area (Å²) in [5.41, 5.74) is 2.95. The Morgan fingerprint density at radius 1 is 1.15 bits per heavy atom. The van der Waals surface area contributed by atoms with Crippen LogP contribution in [0.1, 0.15) is 17.2 Å². The van der Waals surface area contributed by atoms with Gasteiger partial charge in [-0.2, -0.15) is 0 Å². The number of aliphatic hydroxyl groups is 1. The Hall–Kier alpha value is -2.44. The molecule has 136 valence electrons. The standard InChI is InChI=1S/C20H24N4O2/c1-22-19(26)12-15-11-16(13-21-20(15)22)18(25)14-23-7-9-24(10-8-23)17-5-3-2-4-6-17/h2-6,11,13,18,25H,7-10,12,14H2,1H3. The summed E-state index contributed by atoms with van der Waals surface area (Å²) in [5, 5.41) is 10.6. The van der Waals surface area contributed by atoms with Gasteiger partial charge in [-0.15, -0.1) is 0 Å². The van der Waals surface area contributed by atoms with Gasteiger partial charge in [0.05, 0.1) is 12.5 Å². The van der Waals surface area contributed by atoms with Gasteiger partial charge in [-0.05, 0) is 18.2 Å². The number of pyridine rings is 1. The van der Waals surface area contributed by atoms with Gasteiger partial charge >= 0.3 is 0 Å². The molecule has 6 heteroatoms. The third-order valence-corrected chi connectivity index (χ3v) is 5.31. The van der Waals surface area contributed by atoms with E-state index in [0.29, 0.717) is 18.8 Å². The van der Waals surface area contributed by atoms with E-state index in [1.54, 1.807) is 18.1 Å². The lowest BCUT2D eigenvalue weighted by atomic mass is 10.1. The zero-order valence-corrected chi connectivity index (χ0v) is 15.0. The maximum Gasteiger partial charge on any atom is 0.232 e. The first-order valence-electron chi connectivity index (χ1n) is 9.07. The number of carbonyl (C=O) groups excluding carboxylic acids is 1. The van der Waals surface area contributed by atoms with Crippen LogP contribution in [0.4, 0.5) is 11.5 Å². The number of benzene rings is 1. The maximum atomic E-state index is 11.8. The fourth-order valence-corrected chi connectivity index (χ4v) is 3.71. The number of likely N-dealkylation sites (N-methyl/N-ethyl adjacent to an activating group) is 1. The van der Waals surface area contributed by atoms with Gasteiger partial charge in [0.1, 0.15) is 5.82 Å². The number of anilines is 2. The molecule has 1 atom stereocenters. The molecule has 2 aliphatic rings. The first-order chi connectivity index (χ1) is 12.6. The molecule has 2 aromatic rings. The second kappa shape index (κ2) is 7.05. The summed E-state index contributed by atoms with van der Waals surface area (Å²) in [5.74, 6) is 0.763. The van der Waals surface area contributed by atoms with E-state index < -0.39 is 6.10 Å². The van der Waals surface area contributed by atoms with Crippen LogP contribution in [0, 0.1) is 0 Å². The fourth-order valence-electron chi connectivity index (χ4n) is 3.71. The Labute approximate surface area is 153 Å². The van der Waals surface area contributed by atoms with Crippen LogP contribution in [-0.2, 0) is 11.2 Å². The van der Waals surface area contributed by atoms with E-state index in [1.807, 2.05) is 12.1 Å². The molecular weight excluding hydrogens is 328 g/mol. The van der Waals surface area contributed by atoms with E-state index in [-0.39, 0.29) is 5.91 Å². The Bertz CT molecular complexity index is 788. The van der Waals surface area contributed by atoms with Gasteiger partial charge in [-0.3, -0.25) is 14.6 Å². The van der Waals surface area contributed by atoms with Gasteiger partial charge < -0.3 is 10.0 Å². The van der Waals surface area contributed by atoms with Crippen molar-refractivity contribution < 1.29 is 9.90 Å². The van der Waals surface area contributed by atoms with Crippen molar-refractivity contribution in [3.05, 3.63) is 53.7 Å². The molecule has 1 saturated heterocycles. The molecule has 0 aliphatic carbocycles. The SMILES string of the molecule is CN1C(=O)Cc2cc(C(O)CN3CCN(c4ccccc4)CC3)cnc21. The van der Waals surface area contributed by atoms with E-state index in [4.69, 9.17) is 0 Å². The first kappa shape index (κ1) is 17.0. The number of rotatable bonds is 4. The maximum absolute atomic E-state index is 11.8. The highest BCUT2D eigenvalue weighted by Crippen LogP contribution is 2.28. The van der Waals surface area contributed by atoms with Crippen LogP contribution in [0.5, 0.6) is 0 Å². The molecule has 0 spiro atoms. The number of para-hydroxylation sites is 1. The second-order valence-electron chi connectivity index (χ2n) is 7.02. The fraction of sp³-hybridized carbons (Fsp3) is 0.400. The van der Waals surface area contributed by atoms with Crippen molar-refractivity contribution >= 4 is 17.4 Å². The molecular formula is C20H24N4O2. The van der Waals surface area contributed by atoms with Crippen molar-refractivity contribution in [3.63, 3.8) is 0 Å². The third kappa shape index (κ3) is 3.30. The van der Waals surface area contributed by atoms with Gasteiger partial charge in [0.2, 0.25) is 5.91 Å². The molecule has 26 heavy (non-hydrogen) atoms. The van der Waals surface area contributed by atoms with Gasteiger partial charge in [-0.1, -0.05) is 18.2 Å². The normalized spacial score (nSPS) is 18.9. The smallest absolute Gasteiger partial charge is 0.232 e. The van der Waals surface area contributed by atoms with E-state index in [1.165, 1.54) is 5.69 Å². The van der Waals surface area contributed by atoms with Crippen molar-refractivity contribution in [2.75, 3.05) is 49.6 Å². The van der Waals surface area contributed by atoms with E-state index in [9.17, 15) is 9.90 Å². The average Bonchev–Trinajstić information content (AvgIpc) is 2.96.